The van der Waals surface area contributed by atoms with E-state index in [4.69, 9.17) is 11.6 Å². The summed E-state index contributed by atoms with van der Waals surface area (Å²) >= 11 is 6.49. The molecule has 41 heavy (non-hydrogen) atoms. The monoisotopic (exact) mass is 597 g/mol. The van der Waals surface area contributed by atoms with Crippen LogP contribution in [-0.4, -0.2) is 50.5 Å². The van der Waals surface area contributed by atoms with Crippen molar-refractivity contribution >= 4 is 39.1 Å². The molecule has 3 aromatic carbocycles. The summed E-state index contributed by atoms with van der Waals surface area (Å²) in [6, 6.07) is 23.4. The number of nitrogens with zero attached hydrogens (tertiary/aromatic N) is 2. The highest BCUT2D eigenvalue weighted by Crippen LogP contribution is 2.24. The maximum absolute atomic E-state index is 13.9. The Morgan fingerprint density at radius 1 is 0.927 bits per heavy atom. The summed E-state index contributed by atoms with van der Waals surface area (Å²) in [7, 11) is -3.57. The fourth-order valence-corrected chi connectivity index (χ4v) is 5.83. The number of benzene rings is 3. The summed E-state index contributed by atoms with van der Waals surface area (Å²) in [4.78, 5) is 29.1. The molecule has 0 saturated heterocycles. The second-order valence-electron chi connectivity index (χ2n) is 10.7. The molecule has 0 heterocycles. The molecule has 0 aliphatic heterocycles. The van der Waals surface area contributed by atoms with Gasteiger partial charge in [0.25, 0.3) is 0 Å². The Kier molecular flexibility index (Phi) is 11.8. The van der Waals surface area contributed by atoms with Crippen LogP contribution < -0.4 is 9.62 Å². The summed E-state index contributed by atoms with van der Waals surface area (Å²) in [6.07, 6.45) is 1.84. The zero-order valence-corrected chi connectivity index (χ0v) is 25.8. The van der Waals surface area contributed by atoms with Gasteiger partial charge in [0, 0.05) is 37.5 Å². The van der Waals surface area contributed by atoms with Gasteiger partial charge in [0.15, 0.2) is 0 Å². The molecular weight excluding hydrogens is 558 g/mol. The first kappa shape index (κ1) is 32.2. The lowest BCUT2D eigenvalue weighted by Gasteiger charge is -2.32. The molecule has 2 amide bonds. The van der Waals surface area contributed by atoms with Crippen LogP contribution in [0.3, 0.4) is 0 Å². The van der Waals surface area contributed by atoms with Crippen LogP contribution in [0.4, 0.5) is 5.69 Å². The van der Waals surface area contributed by atoms with Gasteiger partial charge in [-0.05, 0) is 48.1 Å². The van der Waals surface area contributed by atoms with Gasteiger partial charge >= 0.3 is 0 Å². The van der Waals surface area contributed by atoms with Crippen molar-refractivity contribution in [2.24, 2.45) is 5.92 Å². The number of halogens is 1. The topological polar surface area (TPSA) is 86.8 Å². The van der Waals surface area contributed by atoms with Gasteiger partial charge in [-0.2, -0.15) is 0 Å². The molecule has 0 radical (unpaired) electrons. The number of anilines is 1. The Bertz CT molecular complexity index is 1410. The number of carbonyl (C=O) groups excluding carboxylic acids is 2. The first-order valence-electron chi connectivity index (χ1n) is 13.8. The minimum Gasteiger partial charge on any atom is -0.354 e. The first-order valence-corrected chi connectivity index (χ1v) is 16.1. The lowest BCUT2D eigenvalue weighted by molar-refractivity contribution is -0.141. The number of hydrogen-bond donors (Lipinski definition) is 1. The van der Waals surface area contributed by atoms with Gasteiger partial charge in [-0.1, -0.05) is 92.2 Å². The van der Waals surface area contributed by atoms with E-state index in [0.717, 1.165) is 16.7 Å². The molecule has 0 aliphatic rings. The van der Waals surface area contributed by atoms with Gasteiger partial charge in [0.05, 0.1) is 11.9 Å². The summed E-state index contributed by atoms with van der Waals surface area (Å²) in [5.74, 6) is -0.239. The summed E-state index contributed by atoms with van der Waals surface area (Å²) in [5.41, 5.74) is 3.08. The Hall–Kier alpha value is -3.36. The van der Waals surface area contributed by atoms with E-state index in [1.54, 1.807) is 23.1 Å². The molecule has 1 N–H and O–H groups in total. The number of amides is 2. The predicted octanol–water partition coefficient (Wildman–Crippen LogP) is 5.61. The molecule has 3 aromatic rings. The predicted molar refractivity (Wildman–Crippen MR) is 166 cm³/mol. The van der Waals surface area contributed by atoms with Crippen molar-refractivity contribution < 1.29 is 18.0 Å². The standard InChI is InChI=1S/C32H40ClN3O4S/c1-24(2)22-34-32(38)30(21-26-14-6-5-7-15-26)35(23-27-16-9-10-17-28(27)33)31(37)19-12-20-36(41(4,39)40)29-18-11-8-13-25(29)3/h5-11,13-18,24,30H,12,19-23H2,1-4H3,(H,34,38). The molecule has 0 bridgehead atoms. The first-order chi connectivity index (χ1) is 19.5. The lowest BCUT2D eigenvalue weighted by Crippen LogP contribution is -2.51. The van der Waals surface area contributed by atoms with Crippen LogP contribution in [0, 0.1) is 12.8 Å². The van der Waals surface area contributed by atoms with Crippen molar-refractivity contribution in [3.63, 3.8) is 0 Å². The fourth-order valence-electron chi connectivity index (χ4n) is 4.61. The van der Waals surface area contributed by atoms with Crippen molar-refractivity contribution in [2.75, 3.05) is 23.7 Å². The third kappa shape index (κ3) is 9.61. The average Bonchev–Trinajstić information content (AvgIpc) is 2.93. The van der Waals surface area contributed by atoms with Crippen molar-refractivity contribution in [3.05, 3.63) is 101 Å². The number of hydrogen-bond acceptors (Lipinski definition) is 4. The smallest absolute Gasteiger partial charge is 0.243 e. The molecule has 0 spiro atoms. The number of para-hydroxylation sites is 1. The zero-order valence-electron chi connectivity index (χ0n) is 24.2. The Morgan fingerprint density at radius 3 is 2.20 bits per heavy atom. The number of carbonyl (C=O) groups is 2. The summed E-state index contributed by atoms with van der Waals surface area (Å²) in [6.45, 7) is 6.66. The third-order valence-electron chi connectivity index (χ3n) is 6.79. The third-order valence-corrected chi connectivity index (χ3v) is 8.34. The number of sulfonamides is 1. The van der Waals surface area contributed by atoms with Crippen LogP contribution in [0.5, 0.6) is 0 Å². The molecular formula is C32H40ClN3O4S. The van der Waals surface area contributed by atoms with Crippen LogP contribution in [0.1, 0.15) is 43.4 Å². The highest BCUT2D eigenvalue weighted by atomic mass is 35.5. The van der Waals surface area contributed by atoms with E-state index in [9.17, 15) is 18.0 Å². The highest BCUT2D eigenvalue weighted by Gasteiger charge is 2.31. The van der Waals surface area contributed by atoms with E-state index in [2.05, 4.69) is 5.32 Å². The Balaban J connectivity index is 1.90. The largest absolute Gasteiger partial charge is 0.354 e. The van der Waals surface area contributed by atoms with E-state index >= 15 is 0 Å². The van der Waals surface area contributed by atoms with Crippen molar-refractivity contribution in [1.82, 2.24) is 10.2 Å². The van der Waals surface area contributed by atoms with Crippen molar-refractivity contribution in [2.45, 2.75) is 52.6 Å². The van der Waals surface area contributed by atoms with E-state index in [1.807, 2.05) is 81.4 Å². The second-order valence-corrected chi connectivity index (χ2v) is 13.0. The molecule has 9 heteroatoms. The molecule has 0 saturated carbocycles. The summed E-state index contributed by atoms with van der Waals surface area (Å²) in [5, 5.41) is 3.52. The van der Waals surface area contributed by atoms with E-state index in [0.29, 0.717) is 23.7 Å². The SMILES string of the molecule is Cc1ccccc1N(CCCC(=O)N(Cc1ccccc1Cl)C(Cc1ccccc1)C(=O)NCC(C)C)S(C)(=O)=O. The van der Waals surface area contributed by atoms with E-state index in [-0.39, 0.29) is 43.7 Å². The van der Waals surface area contributed by atoms with E-state index < -0.39 is 16.1 Å². The number of rotatable bonds is 14. The second kappa shape index (κ2) is 15.0. The van der Waals surface area contributed by atoms with Crippen LogP contribution in [0.25, 0.3) is 0 Å². The van der Waals surface area contributed by atoms with Gasteiger partial charge in [-0.15, -0.1) is 0 Å². The molecule has 220 valence electrons. The fraction of sp³-hybridized carbons (Fsp3) is 0.375. The highest BCUT2D eigenvalue weighted by molar-refractivity contribution is 7.92. The van der Waals surface area contributed by atoms with Crippen LogP contribution in [0.15, 0.2) is 78.9 Å². The summed E-state index contributed by atoms with van der Waals surface area (Å²) < 4.78 is 26.7. The molecule has 7 nitrogen and oxygen atoms in total. The Labute approximate surface area is 249 Å². The van der Waals surface area contributed by atoms with Crippen molar-refractivity contribution in [1.29, 1.82) is 0 Å². The van der Waals surface area contributed by atoms with E-state index in [1.165, 1.54) is 10.6 Å². The number of aryl methyl sites for hydroxylation is 1. The van der Waals surface area contributed by atoms with Crippen LogP contribution in [0.2, 0.25) is 5.02 Å². The molecule has 0 aliphatic carbocycles. The number of nitrogens with one attached hydrogen (secondary N) is 1. The maximum atomic E-state index is 13.9. The zero-order chi connectivity index (χ0) is 30.0. The molecule has 1 unspecified atom stereocenters. The van der Waals surface area contributed by atoms with Gasteiger partial charge in [0.2, 0.25) is 21.8 Å². The minimum absolute atomic E-state index is 0.0606. The normalized spacial score (nSPS) is 12.1. The van der Waals surface area contributed by atoms with Crippen LogP contribution in [-0.2, 0) is 32.6 Å². The molecule has 0 fully saturated rings. The van der Waals surface area contributed by atoms with Gasteiger partial charge in [0.1, 0.15) is 6.04 Å². The minimum atomic E-state index is -3.57. The average molecular weight is 598 g/mol. The van der Waals surface area contributed by atoms with Crippen LogP contribution >= 0.6 is 11.6 Å². The molecule has 1 atom stereocenters. The molecule has 3 rings (SSSR count). The lowest BCUT2D eigenvalue weighted by atomic mass is 10.0. The Morgan fingerprint density at radius 2 is 1.56 bits per heavy atom. The maximum Gasteiger partial charge on any atom is 0.243 e. The van der Waals surface area contributed by atoms with Gasteiger partial charge < -0.3 is 10.2 Å². The van der Waals surface area contributed by atoms with Gasteiger partial charge in [-0.25, -0.2) is 8.42 Å². The van der Waals surface area contributed by atoms with Crippen molar-refractivity contribution in [3.8, 4) is 0 Å². The quantitative estimate of drug-likeness (QED) is 0.262. The van der Waals surface area contributed by atoms with Gasteiger partial charge in [-0.3, -0.25) is 13.9 Å². The molecule has 0 aromatic heterocycles.